The third kappa shape index (κ3) is 4.28. The molecule has 2 heterocycles. The van der Waals surface area contributed by atoms with Gasteiger partial charge in [-0.1, -0.05) is 13.0 Å². The second-order valence-corrected chi connectivity index (χ2v) is 7.65. The fourth-order valence-electron chi connectivity index (χ4n) is 3.04. The number of amides is 1. The minimum Gasteiger partial charge on any atom is -0.347 e. The van der Waals surface area contributed by atoms with E-state index in [0.717, 1.165) is 40.3 Å². The van der Waals surface area contributed by atoms with Crippen molar-refractivity contribution < 1.29 is 13.6 Å². The monoisotopic (exact) mass is 404 g/mol. The van der Waals surface area contributed by atoms with E-state index in [1.165, 1.54) is 17.4 Å². The first-order chi connectivity index (χ1) is 13.4. The molecule has 0 spiro atoms. The van der Waals surface area contributed by atoms with E-state index in [0.29, 0.717) is 16.9 Å². The van der Waals surface area contributed by atoms with Gasteiger partial charge in [0.1, 0.15) is 0 Å². The summed E-state index contributed by atoms with van der Waals surface area (Å²) in [6.45, 7) is 4.18. The average Bonchev–Trinajstić information content (AvgIpc) is 3.29. The molecule has 0 aliphatic heterocycles. The van der Waals surface area contributed by atoms with Crippen LogP contribution in [0.3, 0.4) is 0 Å². The first-order valence-electron chi connectivity index (χ1n) is 9.00. The molecule has 1 aromatic carbocycles. The van der Waals surface area contributed by atoms with Gasteiger partial charge in [-0.05, 0) is 49.1 Å². The zero-order chi connectivity index (χ0) is 20.3. The number of nitrogens with zero attached hydrogens (tertiary/aromatic N) is 1. The van der Waals surface area contributed by atoms with Crippen LogP contribution in [0.1, 0.15) is 33.4 Å². The van der Waals surface area contributed by atoms with Crippen LogP contribution in [0.4, 0.5) is 8.78 Å². The van der Waals surface area contributed by atoms with Crippen LogP contribution >= 0.6 is 11.3 Å². The van der Waals surface area contributed by atoms with E-state index in [-0.39, 0.29) is 18.5 Å². The van der Waals surface area contributed by atoms with Gasteiger partial charge in [0.25, 0.3) is 5.91 Å². The molecule has 0 bridgehead atoms. The number of hydrogen-bond donors (Lipinski definition) is 3. The van der Waals surface area contributed by atoms with Crippen LogP contribution in [0, 0.1) is 18.6 Å². The van der Waals surface area contributed by atoms with E-state index in [9.17, 15) is 13.6 Å². The molecule has 5 nitrogen and oxygen atoms in total. The summed E-state index contributed by atoms with van der Waals surface area (Å²) in [5.74, 6) is -2.05. The summed E-state index contributed by atoms with van der Waals surface area (Å²) >= 11 is 1.40. The summed E-state index contributed by atoms with van der Waals surface area (Å²) in [7, 11) is 0. The Labute approximate surface area is 166 Å². The van der Waals surface area contributed by atoms with Gasteiger partial charge < -0.3 is 11.1 Å². The first kappa shape index (κ1) is 20.2. The molecule has 0 saturated heterocycles. The van der Waals surface area contributed by atoms with Crippen molar-refractivity contribution in [2.45, 2.75) is 32.7 Å². The van der Waals surface area contributed by atoms with E-state index in [1.54, 1.807) is 6.20 Å². The summed E-state index contributed by atoms with van der Waals surface area (Å²) < 4.78 is 26.5. The van der Waals surface area contributed by atoms with Crippen LogP contribution in [0.15, 0.2) is 30.5 Å². The molecule has 4 N–H and O–H groups in total. The molecule has 1 unspecified atom stereocenters. The van der Waals surface area contributed by atoms with E-state index in [4.69, 9.17) is 5.73 Å². The molecular weight excluding hydrogens is 382 g/mol. The van der Waals surface area contributed by atoms with Gasteiger partial charge in [-0.25, -0.2) is 8.78 Å². The highest BCUT2D eigenvalue weighted by Gasteiger charge is 2.19. The third-order valence-electron chi connectivity index (χ3n) is 4.54. The van der Waals surface area contributed by atoms with Crippen LogP contribution in [0.5, 0.6) is 0 Å². The third-order valence-corrected chi connectivity index (χ3v) is 5.81. The highest BCUT2D eigenvalue weighted by Crippen LogP contribution is 2.34. The number of H-pyrrole nitrogens is 1. The van der Waals surface area contributed by atoms with Crippen molar-refractivity contribution in [1.82, 2.24) is 15.5 Å². The first-order valence-corrected chi connectivity index (χ1v) is 9.82. The number of halogens is 2. The highest BCUT2D eigenvalue weighted by molar-refractivity contribution is 7.17. The van der Waals surface area contributed by atoms with Gasteiger partial charge in [-0.2, -0.15) is 5.10 Å². The molecule has 148 valence electrons. The van der Waals surface area contributed by atoms with Crippen LogP contribution in [0.2, 0.25) is 0 Å². The van der Waals surface area contributed by atoms with E-state index in [1.807, 2.05) is 19.9 Å². The van der Waals surface area contributed by atoms with Gasteiger partial charge in [-0.15, -0.1) is 11.3 Å². The average molecular weight is 404 g/mol. The van der Waals surface area contributed by atoms with Crippen molar-refractivity contribution in [3.05, 3.63) is 63.8 Å². The lowest BCUT2D eigenvalue weighted by molar-refractivity contribution is 0.0942. The fourth-order valence-corrected chi connectivity index (χ4v) is 4.15. The van der Waals surface area contributed by atoms with E-state index < -0.39 is 11.6 Å². The predicted octanol–water partition coefficient (Wildman–Crippen LogP) is 3.59. The van der Waals surface area contributed by atoms with Crippen LogP contribution in [-0.2, 0) is 12.8 Å². The Morgan fingerprint density at radius 1 is 1.32 bits per heavy atom. The molecule has 3 rings (SSSR count). The standard InChI is InChI=1S/C20H22F2N4OS/c1-3-17-14(10-24-26-17)19-11(2)6-18(28-19)20(27)25-13(9-23)7-12-4-5-15(21)16(22)8-12/h4-6,8,10,13H,3,7,9,23H2,1-2H3,(H,24,26)(H,25,27). The van der Waals surface area contributed by atoms with Gasteiger partial charge in [0.15, 0.2) is 11.6 Å². The summed E-state index contributed by atoms with van der Waals surface area (Å²) in [5.41, 5.74) is 9.37. The lowest BCUT2D eigenvalue weighted by Gasteiger charge is -2.16. The minimum absolute atomic E-state index is 0.184. The number of carbonyl (C=O) groups is 1. The van der Waals surface area contributed by atoms with Gasteiger partial charge in [0, 0.05) is 28.7 Å². The number of carbonyl (C=O) groups excluding carboxylic acids is 1. The predicted molar refractivity (Wildman–Crippen MR) is 106 cm³/mol. The van der Waals surface area contributed by atoms with Gasteiger partial charge in [0.2, 0.25) is 0 Å². The van der Waals surface area contributed by atoms with E-state index in [2.05, 4.69) is 15.5 Å². The number of hydrogen-bond acceptors (Lipinski definition) is 4. The summed E-state index contributed by atoms with van der Waals surface area (Å²) in [4.78, 5) is 14.3. The van der Waals surface area contributed by atoms with Crippen molar-refractivity contribution in [2.24, 2.45) is 5.73 Å². The maximum atomic E-state index is 13.4. The number of aromatic amines is 1. The molecule has 1 amide bonds. The summed E-state index contributed by atoms with van der Waals surface area (Å²) in [6.07, 6.45) is 2.90. The van der Waals surface area contributed by atoms with Crippen molar-refractivity contribution in [3.8, 4) is 10.4 Å². The zero-order valence-electron chi connectivity index (χ0n) is 15.7. The van der Waals surface area contributed by atoms with Crippen LogP contribution < -0.4 is 11.1 Å². The molecule has 0 aliphatic rings. The molecule has 3 aromatic rings. The van der Waals surface area contributed by atoms with Crippen molar-refractivity contribution in [1.29, 1.82) is 0 Å². The SMILES string of the molecule is CCc1[nH]ncc1-c1sc(C(=O)NC(CN)Cc2ccc(F)c(F)c2)cc1C. The topological polar surface area (TPSA) is 83.8 Å². The number of thiophene rings is 1. The number of nitrogens with one attached hydrogen (secondary N) is 2. The van der Waals surface area contributed by atoms with Gasteiger partial charge >= 0.3 is 0 Å². The van der Waals surface area contributed by atoms with Crippen molar-refractivity contribution in [3.63, 3.8) is 0 Å². The quantitative estimate of drug-likeness (QED) is 0.563. The second kappa shape index (κ2) is 8.62. The van der Waals surface area contributed by atoms with Crippen molar-refractivity contribution in [2.75, 3.05) is 6.54 Å². The van der Waals surface area contributed by atoms with Crippen LogP contribution in [-0.4, -0.2) is 28.7 Å². The molecular formula is C20H22F2N4OS. The molecule has 8 heteroatoms. The zero-order valence-corrected chi connectivity index (χ0v) is 16.5. The molecule has 0 saturated carbocycles. The number of aromatic nitrogens is 2. The normalized spacial score (nSPS) is 12.2. The summed E-state index contributed by atoms with van der Waals surface area (Å²) in [6, 6.07) is 5.15. The highest BCUT2D eigenvalue weighted by atomic mass is 32.1. The Morgan fingerprint density at radius 2 is 2.11 bits per heavy atom. The molecule has 0 fully saturated rings. The molecule has 1 atom stereocenters. The Balaban J connectivity index is 1.74. The lowest BCUT2D eigenvalue weighted by Crippen LogP contribution is -2.41. The smallest absolute Gasteiger partial charge is 0.261 e. The number of benzene rings is 1. The number of aryl methyl sites for hydroxylation is 2. The molecule has 28 heavy (non-hydrogen) atoms. The minimum atomic E-state index is -0.912. The Morgan fingerprint density at radius 3 is 2.79 bits per heavy atom. The maximum Gasteiger partial charge on any atom is 0.261 e. The Kier molecular flexibility index (Phi) is 6.21. The van der Waals surface area contributed by atoms with Crippen LogP contribution in [0.25, 0.3) is 10.4 Å². The van der Waals surface area contributed by atoms with Gasteiger partial charge in [0.05, 0.1) is 11.1 Å². The second-order valence-electron chi connectivity index (χ2n) is 6.60. The summed E-state index contributed by atoms with van der Waals surface area (Å²) in [5, 5.41) is 9.96. The number of nitrogens with two attached hydrogens (primary N) is 1. The maximum absolute atomic E-state index is 13.4. The Hall–Kier alpha value is -2.58. The lowest BCUT2D eigenvalue weighted by atomic mass is 10.1. The number of rotatable bonds is 7. The fraction of sp³-hybridized carbons (Fsp3) is 0.300. The molecule has 0 aliphatic carbocycles. The largest absolute Gasteiger partial charge is 0.347 e. The van der Waals surface area contributed by atoms with E-state index >= 15 is 0 Å². The molecule has 0 radical (unpaired) electrons. The molecule has 2 aromatic heterocycles. The Bertz CT molecular complexity index is 982. The van der Waals surface area contributed by atoms with Crippen molar-refractivity contribution >= 4 is 17.2 Å². The van der Waals surface area contributed by atoms with Gasteiger partial charge in [-0.3, -0.25) is 9.89 Å².